The molecule has 0 amide bonds. The van der Waals surface area contributed by atoms with E-state index in [0.717, 1.165) is 38.9 Å². The average Bonchev–Trinajstić information content (AvgIpc) is 3.24. The number of nitrogens with two attached hydrogens (primary N) is 1. The second-order valence-corrected chi connectivity index (χ2v) is 11.1. The Balaban J connectivity index is 1.72. The number of benzene rings is 3. The third-order valence-electron chi connectivity index (χ3n) is 7.60. The summed E-state index contributed by atoms with van der Waals surface area (Å²) < 4.78 is 7.81. The van der Waals surface area contributed by atoms with Gasteiger partial charge in [0.2, 0.25) is 5.88 Å². The molecule has 6 rings (SSSR count). The maximum atomic E-state index is 13.3. The number of ether oxygens (including phenoxy) is 1. The molecular formula is C32H29N5O2. The first kappa shape index (κ1) is 24.5. The van der Waals surface area contributed by atoms with Crippen LogP contribution in [0, 0.1) is 18.3 Å². The number of para-hydroxylation sites is 2. The van der Waals surface area contributed by atoms with E-state index in [1.165, 1.54) is 0 Å². The van der Waals surface area contributed by atoms with Gasteiger partial charge in [-0.1, -0.05) is 51.1 Å². The zero-order chi connectivity index (χ0) is 27.6. The number of nitriles is 1. The van der Waals surface area contributed by atoms with Crippen molar-refractivity contribution < 1.29 is 4.74 Å². The third-order valence-corrected chi connectivity index (χ3v) is 7.60. The molecule has 39 heavy (non-hydrogen) atoms. The van der Waals surface area contributed by atoms with Gasteiger partial charge in [-0.2, -0.15) is 5.26 Å². The zero-order valence-corrected chi connectivity index (χ0v) is 22.6. The van der Waals surface area contributed by atoms with Gasteiger partial charge in [0.15, 0.2) is 0 Å². The molecule has 0 bridgehead atoms. The molecule has 0 spiro atoms. The van der Waals surface area contributed by atoms with E-state index in [2.05, 4.69) is 37.9 Å². The second-order valence-electron chi connectivity index (χ2n) is 11.1. The Labute approximate surface area is 226 Å². The zero-order valence-electron chi connectivity index (χ0n) is 22.6. The van der Waals surface area contributed by atoms with Crippen molar-refractivity contribution in [2.24, 2.45) is 12.8 Å². The summed E-state index contributed by atoms with van der Waals surface area (Å²) in [5.74, 6) is 0.827. The van der Waals surface area contributed by atoms with E-state index in [1.807, 2.05) is 55.5 Å². The van der Waals surface area contributed by atoms with Crippen molar-refractivity contribution in [2.75, 3.05) is 0 Å². The lowest BCUT2D eigenvalue weighted by atomic mass is 9.77. The highest BCUT2D eigenvalue weighted by Gasteiger charge is 2.37. The molecule has 3 N–H and O–H groups in total. The lowest BCUT2D eigenvalue weighted by Gasteiger charge is -2.32. The van der Waals surface area contributed by atoms with Crippen LogP contribution in [-0.4, -0.2) is 14.5 Å². The van der Waals surface area contributed by atoms with Gasteiger partial charge < -0.3 is 15.5 Å². The number of hydrogen-bond acceptors (Lipinski definition) is 5. The van der Waals surface area contributed by atoms with Gasteiger partial charge in [0.25, 0.3) is 5.56 Å². The molecule has 0 fully saturated rings. The fourth-order valence-corrected chi connectivity index (χ4v) is 5.69. The van der Waals surface area contributed by atoms with E-state index in [0.29, 0.717) is 28.0 Å². The van der Waals surface area contributed by atoms with Gasteiger partial charge in [-0.05, 0) is 48.2 Å². The molecular weight excluding hydrogens is 486 g/mol. The minimum absolute atomic E-state index is 0.106. The number of aromatic amines is 1. The van der Waals surface area contributed by atoms with Crippen LogP contribution >= 0.6 is 0 Å². The topological polar surface area (TPSA) is 110 Å². The maximum Gasteiger partial charge on any atom is 0.261 e. The molecule has 2 aromatic heterocycles. The number of rotatable bonds is 2. The number of H-pyrrole nitrogens is 1. The third kappa shape index (κ3) is 3.71. The van der Waals surface area contributed by atoms with Crippen LogP contribution in [0.25, 0.3) is 33.2 Å². The summed E-state index contributed by atoms with van der Waals surface area (Å²) in [6.07, 6.45) is 0. The van der Waals surface area contributed by atoms with Crippen LogP contribution in [0.1, 0.15) is 49.1 Å². The summed E-state index contributed by atoms with van der Waals surface area (Å²) in [6.45, 7) is 8.33. The average molecular weight is 516 g/mol. The molecule has 1 aliphatic rings. The van der Waals surface area contributed by atoms with Crippen molar-refractivity contribution in [3.63, 3.8) is 0 Å². The summed E-state index contributed by atoms with van der Waals surface area (Å²) in [7, 11) is 1.74. The minimum Gasteiger partial charge on any atom is -0.440 e. The standard InChI is InChI=1S/C32H29N5O2/c1-17-26(19-10-6-8-12-24(19)35-17)27-21-14-18(30-36-25-13-9-7-11-20(25)31(38)37(30)5)15-23(32(2,3)4)28(21)39-29(34)22(27)16-33/h6-15,27,35H,34H2,1-5H3. The quantitative estimate of drug-likeness (QED) is 0.304. The summed E-state index contributed by atoms with van der Waals surface area (Å²) in [4.78, 5) is 21.7. The Morgan fingerprint density at radius 3 is 2.49 bits per heavy atom. The molecule has 0 saturated carbocycles. The summed E-state index contributed by atoms with van der Waals surface area (Å²) >= 11 is 0. The van der Waals surface area contributed by atoms with Crippen LogP contribution in [0.4, 0.5) is 0 Å². The van der Waals surface area contributed by atoms with Crippen molar-refractivity contribution in [3.05, 3.63) is 105 Å². The molecule has 0 radical (unpaired) electrons. The first-order valence-corrected chi connectivity index (χ1v) is 12.9. The van der Waals surface area contributed by atoms with Crippen molar-refractivity contribution in [3.8, 4) is 23.2 Å². The molecule has 194 valence electrons. The normalized spacial score (nSPS) is 15.3. The first-order valence-electron chi connectivity index (χ1n) is 12.9. The Hall–Kier alpha value is -4.83. The predicted octanol–water partition coefficient (Wildman–Crippen LogP) is 5.91. The van der Waals surface area contributed by atoms with E-state index >= 15 is 0 Å². The Bertz CT molecular complexity index is 1950. The number of nitrogens with one attached hydrogen (secondary N) is 1. The highest BCUT2D eigenvalue weighted by Crippen LogP contribution is 2.50. The summed E-state index contributed by atoms with van der Waals surface area (Å²) in [5.41, 5.74) is 12.4. The number of allylic oxidation sites excluding steroid dienone is 1. The van der Waals surface area contributed by atoms with Crippen LogP contribution in [0.5, 0.6) is 5.75 Å². The minimum atomic E-state index is -0.464. The number of fused-ring (bicyclic) bond motifs is 3. The maximum absolute atomic E-state index is 13.3. The smallest absolute Gasteiger partial charge is 0.261 e. The van der Waals surface area contributed by atoms with E-state index in [9.17, 15) is 10.1 Å². The Morgan fingerprint density at radius 2 is 1.77 bits per heavy atom. The highest BCUT2D eigenvalue weighted by atomic mass is 16.5. The number of hydrogen-bond donors (Lipinski definition) is 2. The van der Waals surface area contributed by atoms with Gasteiger partial charge in [-0.3, -0.25) is 9.36 Å². The molecule has 5 aromatic rings. The van der Waals surface area contributed by atoms with Gasteiger partial charge in [-0.15, -0.1) is 0 Å². The van der Waals surface area contributed by atoms with Crippen molar-refractivity contribution >= 4 is 21.8 Å². The van der Waals surface area contributed by atoms with Crippen LogP contribution in [0.2, 0.25) is 0 Å². The monoisotopic (exact) mass is 515 g/mol. The molecule has 7 heteroatoms. The molecule has 1 atom stereocenters. The van der Waals surface area contributed by atoms with Gasteiger partial charge in [0, 0.05) is 40.3 Å². The van der Waals surface area contributed by atoms with E-state index in [4.69, 9.17) is 15.5 Å². The predicted molar refractivity (Wildman–Crippen MR) is 153 cm³/mol. The van der Waals surface area contributed by atoms with Crippen molar-refractivity contribution in [1.82, 2.24) is 14.5 Å². The van der Waals surface area contributed by atoms with Crippen LogP contribution in [-0.2, 0) is 12.5 Å². The highest BCUT2D eigenvalue weighted by molar-refractivity contribution is 5.87. The van der Waals surface area contributed by atoms with E-state index in [-0.39, 0.29) is 16.9 Å². The largest absolute Gasteiger partial charge is 0.440 e. The summed E-state index contributed by atoms with van der Waals surface area (Å²) in [6, 6.07) is 21.8. The fraction of sp³-hybridized carbons (Fsp3) is 0.219. The van der Waals surface area contributed by atoms with E-state index < -0.39 is 5.92 Å². The Morgan fingerprint density at radius 1 is 1.08 bits per heavy atom. The van der Waals surface area contributed by atoms with E-state index in [1.54, 1.807) is 17.7 Å². The fourth-order valence-electron chi connectivity index (χ4n) is 5.69. The summed E-state index contributed by atoms with van der Waals surface area (Å²) in [5, 5.41) is 11.9. The Kier molecular flexibility index (Phi) is 5.40. The molecule has 0 saturated heterocycles. The SMILES string of the molecule is Cc1[nH]c2ccccc2c1C1C(C#N)=C(N)Oc2c1cc(-c1nc3ccccc3c(=O)n1C)cc2C(C)(C)C. The number of nitrogens with zero attached hydrogens (tertiary/aromatic N) is 3. The van der Waals surface area contributed by atoms with Gasteiger partial charge >= 0.3 is 0 Å². The molecule has 1 aliphatic heterocycles. The van der Waals surface area contributed by atoms with Crippen molar-refractivity contribution in [1.29, 1.82) is 5.26 Å². The molecule has 0 aliphatic carbocycles. The van der Waals surface area contributed by atoms with Gasteiger partial charge in [0.05, 0.1) is 16.8 Å². The van der Waals surface area contributed by atoms with Gasteiger partial charge in [0.1, 0.15) is 23.2 Å². The lowest BCUT2D eigenvalue weighted by molar-refractivity contribution is 0.379. The van der Waals surface area contributed by atoms with Gasteiger partial charge in [-0.25, -0.2) is 4.98 Å². The molecule has 7 nitrogen and oxygen atoms in total. The lowest BCUT2D eigenvalue weighted by Crippen LogP contribution is -2.25. The number of aromatic nitrogens is 3. The number of aryl methyl sites for hydroxylation is 1. The van der Waals surface area contributed by atoms with Crippen molar-refractivity contribution in [2.45, 2.75) is 39.0 Å². The first-order chi connectivity index (χ1) is 18.6. The molecule has 3 aromatic carbocycles. The van der Waals surface area contributed by atoms with Crippen LogP contribution < -0.4 is 16.0 Å². The van der Waals surface area contributed by atoms with Crippen LogP contribution in [0.3, 0.4) is 0 Å². The van der Waals surface area contributed by atoms with Crippen LogP contribution in [0.15, 0.2) is 76.9 Å². The molecule has 1 unspecified atom stereocenters. The molecule has 3 heterocycles. The second kappa shape index (κ2) is 8.60.